The molecule has 1 atom stereocenters. The minimum Gasteiger partial charge on any atom is -0.481 e. The van der Waals surface area contributed by atoms with Crippen LogP contribution in [-0.4, -0.2) is 44.2 Å². The van der Waals surface area contributed by atoms with Gasteiger partial charge in [0.2, 0.25) is 0 Å². The molecule has 1 unspecified atom stereocenters. The molecule has 186 valence electrons. The first-order chi connectivity index (χ1) is 16.3. The molecule has 8 nitrogen and oxygen atoms in total. The van der Waals surface area contributed by atoms with Crippen LogP contribution in [0.5, 0.6) is 0 Å². The summed E-state index contributed by atoms with van der Waals surface area (Å²) in [6, 6.07) is 6.04. The second-order valence-corrected chi connectivity index (χ2v) is 7.19. The monoisotopic (exact) mass is 501 g/mol. The van der Waals surface area contributed by atoms with Gasteiger partial charge in [-0.15, -0.1) is 0 Å². The van der Waals surface area contributed by atoms with Gasteiger partial charge >= 0.3 is 18.3 Å². The van der Waals surface area contributed by atoms with E-state index in [1.54, 1.807) is 0 Å². The lowest BCUT2D eigenvalue weighted by Crippen LogP contribution is -2.29. The second-order valence-electron chi connectivity index (χ2n) is 7.19. The molecule has 2 heterocycles. The smallest absolute Gasteiger partial charge is 0.434 e. The normalized spacial score (nSPS) is 12.7. The van der Waals surface area contributed by atoms with Gasteiger partial charge in [-0.25, -0.2) is 9.97 Å². The number of alkyl halides is 6. The van der Waals surface area contributed by atoms with Crippen molar-refractivity contribution in [1.29, 1.82) is 0 Å². The first-order valence-electron chi connectivity index (χ1n) is 9.86. The third-order valence-electron chi connectivity index (χ3n) is 4.62. The number of pyridine rings is 1. The quantitative estimate of drug-likeness (QED) is 0.399. The molecular formula is C21H17F6N5O3. The Morgan fingerprint density at radius 2 is 1.71 bits per heavy atom. The zero-order chi connectivity index (χ0) is 25.8. The summed E-state index contributed by atoms with van der Waals surface area (Å²) < 4.78 is 80.6. The van der Waals surface area contributed by atoms with Crippen LogP contribution in [0.15, 0.2) is 55.0 Å². The van der Waals surface area contributed by atoms with Crippen molar-refractivity contribution in [2.24, 2.45) is 0 Å². The van der Waals surface area contributed by atoms with Crippen molar-refractivity contribution in [3.8, 4) is 5.82 Å². The summed E-state index contributed by atoms with van der Waals surface area (Å²) >= 11 is 0. The highest BCUT2D eigenvalue weighted by molar-refractivity contribution is 5.94. The molecule has 1 amide bonds. The Labute approximate surface area is 193 Å². The molecule has 0 aliphatic rings. The van der Waals surface area contributed by atoms with E-state index in [2.05, 4.69) is 20.6 Å². The molecule has 0 saturated heterocycles. The average molecular weight is 501 g/mol. The molecule has 0 bridgehead atoms. The van der Waals surface area contributed by atoms with E-state index in [0.717, 1.165) is 35.2 Å². The Hall–Kier alpha value is -4.10. The van der Waals surface area contributed by atoms with Crippen molar-refractivity contribution in [2.75, 3.05) is 11.9 Å². The number of rotatable bonds is 8. The topological polar surface area (TPSA) is 109 Å². The molecule has 0 aliphatic carbocycles. The fraction of sp³-hybridized carbons (Fsp3) is 0.238. The lowest BCUT2D eigenvalue weighted by atomic mass is 10.0. The van der Waals surface area contributed by atoms with Gasteiger partial charge in [0.15, 0.2) is 5.69 Å². The number of nitrogens with zero attached hydrogens (tertiary/aromatic N) is 3. The van der Waals surface area contributed by atoms with Crippen molar-refractivity contribution in [3.63, 3.8) is 0 Å². The highest BCUT2D eigenvalue weighted by atomic mass is 19.4. The van der Waals surface area contributed by atoms with Gasteiger partial charge in [0, 0.05) is 18.3 Å². The first-order valence-corrected chi connectivity index (χ1v) is 9.86. The van der Waals surface area contributed by atoms with E-state index in [9.17, 15) is 35.9 Å². The zero-order valence-corrected chi connectivity index (χ0v) is 17.6. The van der Waals surface area contributed by atoms with Crippen LogP contribution >= 0.6 is 0 Å². The maximum absolute atomic E-state index is 13.8. The fourth-order valence-corrected chi connectivity index (χ4v) is 2.96. The van der Waals surface area contributed by atoms with Crippen LogP contribution in [0.1, 0.15) is 34.1 Å². The van der Waals surface area contributed by atoms with Gasteiger partial charge in [0.1, 0.15) is 24.0 Å². The van der Waals surface area contributed by atoms with E-state index >= 15 is 0 Å². The number of imidazole rings is 1. The second kappa shape index (κ2) is 10.0. The Morgan fingerprint density at radius 1 is 1.03 bits per heavy atom. The lowest BCUT2D eigenvalue weighted by molar-refractivity contribution is -0.144. The molecule has 35 heavy (non-hydrogen) atoms. The lowest BCUT2D eigenvalue weighted by Gasteiger charge is -2.23. The SMILES string of the molecule is O=C(O)CCNC(=O)c1ccc(C(Nc2cccc(-n3cnc(C(F)(F)F)c3)n2)C(F)(F)F)cc1. The van der Waals surface area contributed by atoms with Gasteiger partial charge < -0.3 is 15.7 Å². The Morgan fingerprint density at radius 3 is 2.29 bits per heavy atom. The first kappa shape index (κ1) is 25.5. The number of carbonyl (C=O) groups excluding carboxylic acids is 1. The zero-order valence-electron chi connectivity index (χ0n) is 17.6. The predicted octanol–water partition coefficient (Wildman–Crippen LogP) is 4.21. The Balaban J connectivity index is 1.79. The van der Waals surface area contributed by atoms with E-state index in [1.807, 2.05) is 0 Å². The van der Waals surface area contributed by atoms with Crippen LogP contribution in [0.3, 0.4) is 0 Å². The van der Waals surface area contributed by atoms with Crippen molar-refractivity contribution < 1.29 is 41.0 Å². The van der Waals surface area contributed by atoms with E-state index in [0.29, 0.717) is 6.20 Å². The van der Waals surface area contributed by atoms with E-state index in [-0.39, 0.29) is 35.7 Å². The maximum Gasteiger partial charge on any atom is 0.434 e. The Bertz CT molecular complexity index is 1190. The van der Waals surface area contributed by atoms with Crippen LogP contribution in [-0.2, 0) is 11.0 Å². The van der Waals surface area contributed by atoms with Gasteiger partial charge in [-0.2, -0.15) is 26.3 Å². The van der Waals surface area contributed by atoms with E-state index in [4.69, 9.17) is 5.11 Å². The van der Waals surface area contributed by atoms with Crippen LogP contribution in [0, 0.1) is 0 Å². The molecule has 0 saturated carbocycles. The minimum atomic E-state index is -4.79. The fourth-order valence-electron chi connectivity index (χ4n) is 2.96. The molecule has 0 aliphatic heterocycles. The summed E-state index contributed by atoms with van der Waals surface area (Å²) in [5.41, 5.74) is -1.41. The minimum absolute atomic E-state index is 0.0285. The standard InChI is InChI=1S/C21H17F6N5O3/c22-20(23,24)14-10-32(11-29-14)16-3-1-2-15(30-16)31-18(21(25,26)27)12-4-6-13(7-5-12)19(35)28-9-8-17(33)34/h1-7,10-11,18H,8-9H2,(H,28,35)(H,30,31)(H,33,34). The molecule has 1 aromatic carbocycles. The molecule has 2 aromatic heterocycles. The average Bonchev–Trinajstić information content (AvgIpc) is 3.28. The van der Waals surface area contributed by atoms with Gasteiger partial charge in [-0.05, 0) is 29.8 Å². The Kier molecular flexibility index (Phi) is 7.31. The summed E-state index contributed by atoms with van der Waals surface area (Å²) in [6.07, 6.45) is -8.29. The number of carboxylic acids is 1. The third kappa shape index (κ3) is 6.71. The number of nitrogens with one attached hydrogen (secondary N) is 2. The number of carboxylic acid groups (broad SMARTS) is 1. The van der Waals surface area contributed by atoms with Gasteiger partial charge in [-0.1, -0.05) is 18.2 Å². The number of amides is 1. The summed E-state index contributed by atoms with van der Waals surface area (Å²) in [6.45, 7) is -0.147. The molecule has 0 spiro atoms. The van der Waals surface area contributed by atoms with Gasteiger partial charge in [-0.3, -0.25) is 14.2 Å². The molecule has 3 N–H and O–H groups in total. The number of anilines is 1. The molecule has 14 heteroatoms. The van der Waals surface area contributed by atoms with Crippen molar-refractivity contribution in [1.82, 2.24) is 19.9 Å². The van der Waals surface area contributed by atoms with Crippen LogP contribution < -0.4 is 10.6 Å². The number of benzene rings is 1. The summed E-state index contributed by atoms with van der Waals surface area (Å²) in [4.78, 5) is 29.7. The van der Waals surface area contributed by atoms with E-state index in [1.165, 1.54) is 18.2 Å². The molecule has 0 fully saturated rings. The highest BCUT2D eigenvalue weighted by Gasteiger charge is 2.41. The number of hydrogen-bond donors (Lipinski definition) is 3. The van der Waals surface area contributed by atoms with Crippen molar-refractivity contribution in [3.05, 3.63) is 71.8 Å². The summed E-state index contributed by atoms with van der Waals surface area (Å²) in [7, 11) is 0. The predicted molar refractivity (Wildman–Crippen MR) is 110 cm³/mol. The highest BCUT2D eigenvalue weighted by Crippen LogP contribution is 2.35. The molecular weight excluding hydrogens is 484 g/mol. The van der Waals surface area contributed by atoms with Crippen LogP contribution in [0.4, 0.5) is 32.2 Å². The van der Waals surface area contributed by atoms with Crippen LogP contribution in [0.2, 0.25) is 0 Å². The number of halogens is 6. The molecule has 0 radical (unpaired) electrons. The molecule has 3 aromatic rings. The van der Waals surface area contributed by atoms with Gasteiger partial charge in [0.05, 0.1) is 6.42 Å². The number of aromatic nitrogens is 3. The molecule has 3 rings (SSSR count). The van der Waals surface area contributed by atoms with Crippen LogP contribution in [0.25, 0.3) is 5.82 Å². The number of carbonyl (C=O) groups is 2. The number of hydrogen-bond acceptors (Lipinski definition) is 5. The van der Waals surface area contributed by atoms with Gasteiger partial charge in [0.25, 0.3) is 5.91 Å². The number of aliphatic carboxylic acids is 1. The third-order valence-corrected chi connectivity index (χ3v) is 4.62. The summed E-state index contributed by atoms with van der Waals surface area (Å²) in [5.74, 6) is -2.12. The van der Waals surface area contributed by atoms with E-state index < -0.39 is 36.0 Å². The van der Waals surface area contributed by atoms with Crippen molar-refractivity contribution in [2.45, 2.75) is 24.8 Å². The van der Waals surface area contributed by atoms with Crippen molar-refractivity contribution >= 4 is 17.7 Å². The largest absolute Gasteiger partial charge is 0.481 e. The maximum atomic E-state index is 13.8. The summed E-state index contributed by atoms with van der Waals surface area (Å²) in [5, 5.41) is 13.1.